The van der Waals surface area contributed by atoms with Crippen LogP contribution in [0.1, 0.15) is 6.92 Å². The van der Waals surface area contributed by atoms with Gasteiger partial charge in [0.15, 0.2) is 0 Å². The molecule has 0 aromatic heterocycles. The summed E-state index contributed by atoms with van der Waals surface area (Å²) in [4.78, 5) is 2.48. The highest BCUT2D eigenvalue weighted by Gasteiger charge is 1.81. The first-order valence-electron chi connectivity index (χ1n) is 2.35. The standard InChI is InChI=1S/C2H5N3.CH4O3S/c1-2-4-5-3;1-5(2,3)4/h2H2,1H3;1H3,(H,2,3,4). The SMILES string of the molecule is CCN=[N+]=[N-].CS(=O)(=O)O. The van der Waals surface area contributed by atoms with Crippen LogP contribution in [0.15, 0.2) is 5.11 Å². The summed E-state index contributed by atoms with van der Waals surface area (Å²) in [6.07, 6.45) is 0.715. The molecule has 0 atom stereocenters. The second-order valence-corrected chi connectivity index (χ2v) is 2.75. The van der Waals surface area contributed by atoms with Crippen molar-refractivity contribution in [2.24, 2.45) is 5.11 Å². The van der Waals surface area contributed by atoms with E-state index in [1.807, 2.05) is 0 Å². The molecule has 60 valence electrons. The highest BCUT2D eigenvalue weighted by atomic mass is 32.2. The number of hydrogen-bond acceptors (Lipinski definition) is 3. The molecule has 0 aliphatic rings. The lowest BCUT2D eigenvalue weighted by atomic mass is 10.8. The van der Waals surface area contributed by atoms with E-state index in [1.54, 1.807) is 6.92 Å². The van der Waals surface area contributed by atoms with Crippen LogP contribution in [0.25, 0.3) is 10.4 Å². The van der Waals surface area contributed by atoms with Gasteiger partial charge in [0.1, 0.15) is 0 Å². The molecule has 0 amide bonds. The van der Waals surface area contributed by atoms with Gasteiger partial charge in [0.25, 0.3) is 10.1 Å². The summed E-state index contributed by atoms with van der Waals surface area (Å²) in [7, 11) is -3.67. The van der Waals surface area contributed by atoms with E-state index in [2.05, 4.69) is 10.0 Å². The Morgan fingerprint density at radius 3 is 2.00 bits per heavy atom. The summed E-state index contributed by atoms with van der Waals surface area (Å²) in [5.41, 5.74) is 7.52. The Labute approximate surface area is 59.2 Å². The van der Waals surface area contributed by atoms with Crippen molar-refractivity contribution in [3.05, 3.63) is 10.4 Å². The van der Waals surface area contributed by atoms with Gasteiger partial charge in [-0.3, -0.25) is 4.55 Å². The van der Waals surface area contributed by atoms with E-state index in [-0.39, 0.29) is 0 Å². The highest BCUT2D eigenvalue weighted by molar-refractivity contribution is 7.85. The van der Waals surface area contributed by atoms with E-state index in [4.69, 9.17) is 10.1 Å². The average molecular weight is 167 g/mol. The van der Waals surface area contributed by atoms with Crippen molar-refractivity contribution in [1.29, 1.82) is 0 Å². The Hall–Kier alpha value is -0.780. The van der Waals surface area contributed by atoms with Gasteiger partial charge in [0.2, 0.25) is 0 Å². The fourth-order valence-electron chi connectivity index (χ4n) is 0.0632. The third-order valence-electron chi connectivity index (χ3n) is 0.205. The van der Waals surface area contributed by atoms with Crippen molar-refractivity contribution in [1.82, 2.24) is 0 Å². The van der Waals surface area contributed by atoms with Crippen molar-refractivity contribution in [3.63, 3.8) is 0 Å². The van der Waals surface area contributed by atoms with Crippen LogP contribution in [0.2, 0.25) is 0 Å². The number of nitrogens with zero attached hydrogens (tertiary/aromatic N) is 3. The minimum absolute atomic E-state index is 0.552. The van der Waals surface area contributed by atoms with Crippen LogP contribution in [-0.4, -0.2) is 25.8 Å². The summed E-state index contributed by atoms with van der Waals surface area (Å²) in [5.74, 6) is 0. The lowest BCUT2D eigenvalue weighted by molar-refractivity contribution is 0.490. The van der Waals surface area contributed by atoms with Crippen molar-refractivity contribution in [2.45, 2.75) is 6.92 Å². The molecule has 0 saturated heterocycles. The minimum Gasteiger partial charge on any atom is -0.286 e. The first-order valence-corrected chi connectivity index (χ1v) is 4.20. The minimum atomic E-state index is -3.67. The van der Waals surface area contributed by atoms with Gasteiger partial charge in [-0.2, -0.15) is 8.42 Å². The molecule has 0 bridgehead atoms. The van der Waals surface area contributed by atoms with Gasteiger partial charge < -0.3 is 0 Å². The Bertz CT molecular complexity index is 195. The second-order valence-electron chi connectivity index (χ2n) is 1.28. The summed E-state index contributed by atoms with van der Waals surface area (Å²) in [6, 6.07) is 0. The van der Waals surface area contributed by atoms with Gasteiger partial charge in [-0.15, -0.1) is 0 Å². The molecule has 0 radical (unpaired) electrons. The first-order chi connectivity index (χ1) is 4.41. The summed E-state index contributed by atoms with van der Waals surface area (Å²) in [5, 5.41) is 3.15. The van der Waals surface area contributed by atoms with Crippen LogP contribution in [0, 0.1) is 0 Å². The van der Waals surface area contributed by atoms with Crippen LogP contribution >= 0.6 is 0 Å². The molecule has 0 unspecified atom stereocenters. The second kappa shape index (κ2) is 6.34. The molecule has 0 aromatic carbocycles. The Balaban J connectivity index is 0. The fraction of sp³-hybridized carbons (Fsp3) is 1.00. The summed E-state index contributed by atoms with van der Waals surface area (Å²) >= 11 is 0. The molecule has 6 nitrogen and oxygen atoms in total. The molecular formula is C3H9N3O3S. The normalized spacial score (nSPS) is 8.70. The number of hydrogen-bond donors (Lipinski definition) is 1. The quantitative estimate of drug-likeness (QED) is 0.270. The van der Waals surface area contributed by atoms with Crippen molar-refractivity contribution in [3.8, 4) is 0 Å². The van der Waals surface area contributed by atoms with Crippen LogP contribution in [0.4, 0.5) is 0 Å². The van der Waals surface area contributed by atoms with Gasteiger partial charge in [0.05, 0.1) is 6.26 Å². The molecule has 7 heteroatoms. The van der Waals surface area contributed by atoms with E-state index in [0.717, 1.165) is 0 Å². The molecule has 10 heavy (non-hydrogen) atoms. The van der Waals surface area contributed by atoms with Crippen molar-refractivity contribution >= 4 is 10.1 Å². The van der Waals surface area contributed by atoms with Crippen LogP contribution in [0.5, 0.6) is 0 Å². The molecule has 0 rings (SSSR count). The lowest BCUT2D eigenvalue weighted by Crippen LogP contribution is -1.88. The largest absolute Gasteiger partial charge is 0.286 e. The first kappa shape index (κ1) is 12.0. The van der Waals surface area contributed by atoms with Gasteiger partial charge in [0, 0.05) is 11.5 Å². The molecule has 0 aliphatic heterocycles. The molecular weight excluding hydrogens is 158 g/mol. The highest BCUT2D eigenvalue weighted by Crippen LogP contribution is 1.61. The van der Waals surface area contributed by atoms with Crippen molar-refractivity contribution in [2.75, 3.05) is 12.8 Å². The molecule has 0 aromatic rings. The van der Waals surface area contributed by atoms with E-state index in [9.17, 15) is 8.42 Å². The zero-order valence-corrected chi connectivity index (χ0v) is 6.54. The maximum absolute atomic E-state index is 9.19. The third kappa shape index (κ3) is 188. The number of azide groups is 1. The van der Waals surface area contributed by atoms with E-state index in [0.29, 0.717) is 12.8 Å². The maximum atomic E-state index is 9.19. The molecule has 1 N–H and O–H groups in total. The maximum Gasteiger partial charge on any atom is 0.261 e. The Kier molecular flexibility index (Phi) is 7.58. The topological polar surface area (TPSA) is 103 Å². The zero-order chi connectivity index (χ0) is 8.62. The monoisotopic (exact) mass is 167 g/mol. The molecule has 0 fully saturated rings. The summed E-state index contributed by atoms with van der Waals surface area (Å²) < 4.78 is 25.9. The van der Waals surface area contributed by atoms with Crippen LogP contribution in [0.3, 0.4) is 0 Å². The molecule has 0 saturated carbocycles. The smallest absolute Gasteiger partial charge is 0.261 e. The fourth-order valence-corrected chi connectivity index (χ4v) is 0.0632. The van der Waals surface area contributed by atoms with E-state index >= 15 is 0 Å². The van der Waals surface area contributed by atoms with Crippen molar-refractivity contribution < 1.29 is 13.0 Å². The number of rotatable bonds is 1. The van der Waals surface area contributed by atoms with Gasteiger partial charge >= 0.3 is 0 Å². The van der Waals surface area contributed by atoms with E-state index < -0.39 is 10.1 Å². The van der Waals surface area contributed by atoms with Crippen LogP contribution in [-0.2, 0) is 10.1 Å². The summed E-state index contributed by atoms with van der Waals surface area (Å²) in [6.45, 7) is 2.34. The van der Waals surface area contributed by atoms with Crippen LogP contribution < -0.4 is 0 Å². The third-order valence-corrected chi connectivity index (χ3v) is 0.205. The van der Waals surface area contributed by atoms with Gasteiger partial charge in [-0.25, -0.2) is 0 Å². The van der Waals surface area contributed by atoms with Gasteiger partial charge in [-0.05, 0) is 5.53 Å². The predicted molar refractivity (Wildman–Crippen MR) is 37.2 cm³/mol. The molecule has 0 aliphatic carbocycles. The lowest BCUT2D eigenvalue weighted by Gasteiger charge is -1.69. The predicted octanol–water partition coefficient (Wildman–Crippen LogP) is 0.821. The van der Waals surface area contributed by atoms with E-state index in [1.165, 1.54) is 0 Å². The molecule has 0 spiro atoms. The van der Waals surface area contributed by atoms with Gasteiger partial charge in [-0.1, -0.05) is 12.0 Å². The Morgan fingerprint density at radius 1 is 1.70 bits per heavy atom. The molecule has 0 heterocycles. The Morgan fingerprint density at radius 2 is 2.00 bits per heavy atom. The zero-order valence-electron chi connectivity index (χ0n) is 5.72. The average Bonchev–Trinajstić information content (AvgIpc) is 1.63.